The number of esters is 1. The van der Waals surface area contributed by atoms with Crippen LogP contribution in [-0.2, 0) is 9.53 Å². The van der Waals surface area contributed by atoms with Crippen molar-refractivity contribution in [3.05, 3.63) is 0 Å². The molecule has 0 aromatic heterocycles. The quantitative estimate of drug-likeness (QED) is 0.483. The standard InChI is InChI=1S/C8H9Cl3O2/c1-7(2)3-4(7)6(12)13-5(3)8(9,10)11/h3-5H,1-2H3/t3-,4+,5-/m1/s1. The molecule has 0 N–H and O–H groups in total. The Morgan fingerprint density at radius 2 is 1.92 bits per heavy atom. The van der Waals surface area contributed by atoms with Gasteiger partial charge in [0.15, 0.2) is 6.10 Å². The molecule has 0 unspecified atom stereocenters. The van der Waals surface area contributed by atoms with Crippen molar-refractivity contribution in [1.29, 1.82) is 0 Å². The maximum atomic E-state index is 11.3. The number of alkyl halides is 3. The number of halogens is 3. The number of hydrogen-bond donors (Lipinski definition) is 0. The topological polar surface area (TPSA) is 26.3 Å². The summed E-state index contributed by atoms with van der Waals surface area (Å²) in [6, 6.07) is 0. The Balaban J connectivity index is 2.24. The average Bonchev–Trinajstić information content (AvgIpc) is 2.35. The van der Waals surface area contributed by atoms with Crippen molar-refractivity contribution in [2.45, 2.75) is 23.7 Å². The van der Waals surface area contributed by atoms with E-state index in [4.69, 9.17) is 39.5 Å². The van der Waals surface area contributed by atoms with E-state index in [0.717, 1.165) is 0 Å². The molecule has 5 heteroatoms. The highest BCUT2D eigenvalue weighted by atomic mass is 35.6. The summed E-state index contributed by atoms with van der Waals surface area (Å²) in [7, 11) is 0. The van der Waals surface area contributed by atoms with Gasteiger partial charge in [0, 0.05) is 5.92 Å². The van der Waals surface area contributed by atoms with Crippen LogP contribution >= 0.6 is 34.8 Å². The summed E-state index contributed by atoms with van der Waals surface area (Å²) in [6.45, 7) is 3.98. The second-order valence-corrected chi connectivity index (χ2v) is 6.59. The van der Waals surface area contributed by atoms with E-state index < -0.39 is 9.90 Å². The summed E-state index contributed by atoms with van der Waals surface area (Å²) in [5, 5.41) is 0. The van der Waals surface area contributed by atoms with E-state index in [0.29, 0.717) is 0 Å². The zero-order valence-corrected chi connectivity index (χ0v) is 9.45. The van der Waals surface area contributed by atoms with Crippen molar-refractivity contribution in [1.82, 2.24) is 0 Å². The molecule has 0 aromatic carbocycles. The first-order valence-electron chi connectivity index (χ1n) is 4.03. The van der Waals surface area contributed by atoms with Crippen LogP contribution in [0, 0.1) is 17.3 Å². The van der Waals surface area contributed by atoms with Gasteiger partial charge in [-0.15, -0.1) is 0 Å². The first kappa shape index (κ1) is 9.88. The fourth-order valence-corrected chi connectivity index (χ4v) is 2.78. The molecule has 0 spiro atoms. The highest BCUT2D eigenvalue weighted by Gasteiger charge is 2.74. The molecule has 3 atom stereocenters. The summed E-state index contributed by atoms with van der Waals surface area (Å²) >= 11 is 17.1. The lowest BCUT2D eigenvalue weighted by Gasteiger charge is -2.23. The molecule has 0 amide bonds. The van der Waals surface area contributed by atoms with Gasteiger partial charge < -0.3 is 4.74 Å². The molecule has 13 heavy (non-hydrogen) atoms. The van der Waals surface area contributed by atoms with Gasteiger partial charge in [0.25, 0.3) is 0 Å². The van der Waals surface area contributed by atoms with E-state index in [9.17, 15) is 4.79 Å². The normalized spacial score (nSPS) is 41.3. The number of fused-ring (bicyclic) bond motifs is 1. The molecule has 0 radical (unpaired) electrons. The first-order chi connectivity index (χ1) is 5.76. The number of cyclic esters (lactones) is 1. The van der Waals surface area contributed by atoms with E-state index in [2.05, 4.69) is 0 Å². The molecule has 1 saturated heterocycles. The van der Waals surface area contributed by atoms with E-state index in [1.807, 2.05) is 13.8 Å². The maximum Gasteiger partial charge on any atom is 0.310 e. The smallest absolute Gasteiger partial charge is 0.310 e. The van der Waals surface area contributed by atoms with Gasteiger partial charge in [-0.2, -0.15) is 0 Å². The molecule has 2 fully saturated rings. The summed E-state index contributed by atoms with van der Waals surface area (Å²) in [6.07, 6.45) is -0.579. The summed E-state index contributed by atoms with van der Waals surface area (Å²) in [4.78, 5) is 11.3. The fourth-order valence-electron chi connectivity index (χ4n) is 2.24. The Kier molecular flexibility index (Phi) is 1.88. The summed E-state index contributed by atoms with van der Waals surface area (Å²) in [5.41, 5.74) is -0.0656. The second-order valence-electron chi connectivity index (χ2n) is 4.22. The van der Waals surface area contributed by atoms with Crippen LogP contribution in [0.15, 0.2) is 0 Å². The van der Waals surface area contributed by atoms with E-state index in [1.165, 1.54) is 0 Å². The predicted octanol–water partition coefficient (Wildman–Crippen LogP) is 2.55. The number of rotatable bonds is 0. The lowest BCUT2D eigenvalue weighted by molar-refractivity contribution is -0.147. The molecule has 1 aliphatic carbocycles. The van der Waals surface area contributed by atoms with Gasteiger partial charge in [-0.25, -0.2) is 0 Å². The molecular formula is C8H9Cl3O2. The molecule has 0 bridgehead atoms. The first-order valence-corrected chi connectivity index (χ1v) is 5.17. The van der Waals surface area contributed by atoms with Crippen LogP contribution in [0.25, 0.3) is 0 Å². The average molecular weight is 244 g/mol. The number of carbonyl (C=O) groups excluding carboxylic acids is 1. The predicted molar refractivity (Wildman–Crippen MR) is 50.9 cm³/mol. The van der Waals surface area contributed by atoms with E-state index in [1.54, 1.807) is 0 Å². The third kappa shape index (κ3) is 1.26. The zero-order valence-electron chi connectivity index (χ0n) is 7.18. The molecular weight excluding hydrogens is 234 g/mol. The highest BCUT2D eigenvalue weighted by molar-refractivity contribution is 6.68. The largest absolute Gasteiger partial charge is 0.457 e. The van der Waals surface area contributed by atoms with E-state index in [-0.39, 0.29) is 23.2 Å². The molecule has 1 heterocycles. The van der Waals surface area contributed by atoms with Crippen molar-refractivity contribution in [3.63, 3.8) is 0 Å². The Morgan fingerprint density at radius 3 is 2.15 bits per heavy atom. The van der Waals surface area contributed by atoms with Crippen LogP contribution in [0.3, 0.4) is 0 Å². The molecule has 1 saturated carbocycles. The van der Waals surface area contributed by atoms with Crippen LogP contribution in [0.5, 0.6) is 0 Å². The third-order valence-electron chi connectivity index (χ3n) is 3.06. The monoisotopic (exact) mass is 242 g/mol. The van der Waals surface area contributed by atoms with Gasteiger partial charge in [0.2, 0.25) is 3.79 Å². The van der Waals surface area contributed by atoms with Crippen molar-refractivity contribution in [2.75, 3.05) is 0 Å². The van der Waals surface area contributed by atoms with Gasteiger partial charge in [-0.3, -0.25) is 4.79 Å². The number of carbonyl (C=O) groups is 1. The molecule has 1 aliphatic heterocycles. The Hall–Kier alpha value is 0.340. The van der Waals surface area contributed by atoms with Crippen molar-refractivity contribution >= 4 is 40.8 Å². The fraction of sp³-hybridized carbons (Fsp3) is 0.875. The van der Waals surface area contributed by atoms with Crippen LogP contribution in [0.1, 0.15) is 13.8 Å². The van der Waals surface area contributed by atoms with Crippen LogP contribution < -0.4 is 0 Å². The number of hydrogen-bond acceptors (Lipinski definition) is 2. The SMILES string of the molecule is CC1(C)[C@H]2[C@H](C(Cl)(Cl)Cl)OC(=O)[C@H]21. The van der Waals surface area contributed by atoms with Crippen molar-refractivity contribution in [2.24, 2.45) is 17.3 Å². The molecule has 2 nitrogen and oxygen atoms in total. The van der Waals surface area contributed by atoms with Crippen LogP contribution in [0.2, 0.25) is 0 Å². The third-order valence-corrected chi connectivity index (χ3v) is 3.70. The Morgan fingerprint density at radius 1 is 1.38 bits per heavy atom. The van der Waals surface area contributed by atoms with Crippen molar-refractivity contribution < 1.29 is 9.53 Å². The lowest BCUT2D eigenvalue weighted by atomic mass is 10.1. The summed E-state index contributed by atoms with van der Waals surface area (Å²) in [5.74, 6) is -0.244. The second kappa shape index (κ2) is 2.47. The highest BCUT2D eigenvalue weighted by Crippen LogP contribution is 2.67. The van der Waals surface area contributed by atoms with Gasteiger partial charge in [-0.05, 0) is 5.41 Å². The Bertz CT molecular complexity index is 269. The lowest BCUT2D eigenvalue weighted by Crippen LogP contribution is -2.32. The molecule has 2 rings (SSSR count). The summed E-state index contributed by atoms with van der Waals surface area (Å²) < 4.78 is 3.49. The zero-order chi connectivity index (χ0) is 10.0. The molecule has 2 aliphatic rings. The van der Waals surface area contributed by atoms with Crippen LogP contribution in [0.4, 0.5) is 0 Å². The molecule has 0 aromatic rings. The minimum atomic E-state index is -1.50. The van der Waals surface area contributed by atoms with Gasteiger partial charge in [-0.1, -0.05) is 48.7 Å². The minimum Gasteiger partial charge on any atom is -0.457 e. The van der Waals surface area contributed by atoms with Gasteiger partial charge in [0.1, 0.15) is 0 Å². The minimum absolute atomic E-state index is 0.0625. The van der Waals surface area contributed by atoms with Crippen LogP contribution in [-0.4, -0.2) is 15.9 Å². The van der Waals surface area contributed by atoms with Crippen molar-refractivity contribution in [3.8, 4) is 0 Å². The Labute approximate surface area is 91.5 Å². The molecule has 74 valence electrons. The number of ether oxygens (including phenoxy) is 1. The van der Waals surface area contributed by atoms with Gasteiger partial charge >= 0.3 is 5.97 Å². The maximum absolute atomic E-state index is 11.3. The van der Waals surface area contributed by atoms with Gasteiger partial charge in [0.05, 0.1) is 5.92 Å². The van der Waals surface area contributed by atoms with E-state index >= 15 is 0 Å².